The summed E-state index contributed by atoms with van der Waals surface area (Å²) in [6.07, 6.45) is 11.2. The van der Waals surface area contributed by atoms with Crippen LogP contribution in [0.4, 0.5) is 10.5 Å². The minimum atomic E-state index is -0.294. The van der Waals surface area contributed by atoms with Crippen LogP contribution in [0.15, 0.2) is 30.6 Å². The number of fused-ring (bicyclic) bond motifs is 3. The lowest BCUT2D eigenvalue weighted by molar-refractivity contribution is 0.0844. The first-order chi connectivity index (χ1) is 16.6. The third kappa shape index (κ3) is 3.50. The number of anilines is 1. The number of methoxy groups -OCH3 is 1. The number of hydrogen-bond acceptors (Lipinski definition) is 5. The van der Waals surface area contributed by atoms with Gasteiger partial charge in [-0.2, -0.15) is 5.10 Å². The van der Waals surface area contributed by atoms with Crippen molar-refractivity contribution in [3.63, 3.8) is 0 Å². The van der Waals surface area contributed by atoms with Crippen LogP contribution in [0.2, 0.25) is 0 Å². The van der Waals surface area contributed by atoms with E-state index in [1.165, 1.54) is 57.0 Å². The van der Waals surface area contributed by atoms with Crippen molar-refractivity contribution in [2.75, 3.05) is 25.1 Å². The third-order valence-corrected chi connectivity index (χ3v) is 8.40. The van der Waals surface area contributed by atoms with Gasteiger partial charge in [-0.1, -0.05) is 0 Å². The van der Waals surface area contributed by atoms with Gasteiger partial charge >= 0.3 is 6.09 Å². The number of carbonyl (C=O) groups is 1. The molecule has 2 fully saturated rings. The topological polar surface area (TPSA) is 77.2 Å². The zero-order valence-electron chi connectivity index (χ0n) is 20.2. The molecule has 0 bridgehead atoms. The van der Waals surface area contributed by atoms with Crippen molar-refractivity contribution in [1.29, 1.82) is 0 Å². The average Bonchev–Trinajstić information content (AvgIpc) is 3.48. The van der Waals surface area contributed by atoms with E-state index in [1.54, 1.807) is 4.90 Å². The number of nitrogens with one attached hydrogen (secondary N) is 1. The molecule has 1 saturated heterocycles. The van der Waals surface area contributed by atoms with Crippen molar-refractivity contribution in [3.8, 4) is 0 Å². The Balaban J connectivity index is 1.41. The molecule has 1 aromatic carbocycles. The Hall–Kier alpha value is -2.87. The van der Waals surface area contributed by atoms with E-state index in [9.17, 15) is 4.79 Å². The predicted octanol–water partition coefficient (Wildman–Crippen LogP) is 4.09. The third-order valence-electron chi connectivity index (χ3n) is 8.40. The molecule has 1 spiro atoms. The Morgan fingerprint density at radius 2 is 2.06 bits per heavy atom. The van der Waals surface area contributed by atoms with Crippen LogP contribution in [0.3, 0.4) is 0 Å². The van der Waals surface area contributed by atoms with Gasteiger partial charge in [-0.15, -0.1) is 0 Å². The first kappa shape index (κ1) is 21.6. The molecule has 8 nitrogen and oxygen atoms in total. The molecule has 1 saturated carbocycles. The maximum atomic E-state index is 12.6. The monoisotopic (exact) mass is 462 g/mol. The lowest BCUT2D eigenvalue weighted by atomic mass is 9.68. The molecule has 1 N–H and O–H groups in total. The van der Waals surface area contributed by atoms with Gasteiger partial charge in [0.15, 0.2) is 0 Å². The summed E-state index contributed by atoms with van der Waals surface area (Å²) in [6.45, 7) is 5.24. The SMILES string of the molecule is COC(=O)N1c2ccc3c(nc(CCn4cccn4)n3C3CCC4(CC3)CNC4)c2CC[C@@H]1C. The van der Waals surface area contributed by atoms with Gasteiger partial charge in [0.05, 0.1) is 23.8 Å². The van der Waals surface area contributed by atoms with Crippen LogP contribution in [0.5, 0.6) is 0 Å². The van der Waals surface area contributed by atoms with Crippen molar-refractivity contribution in [2.45, 2.75) is 70.5 Å². The molecule has 4 heterocycles. The Morgan fingerprint density at radius 3 is 2.74 bits per heavy atom. The molecule has 2 aromatic heterocycles. The van der Waals surface area contributed by atoms with E-state index in [0.29, 0.717) is 11.5 Å². The van der Waals surface area contributed by atoms with Gasteiger partial charge in [0.2, 0.25) is 0 Å². The molecule has 2 aliphatic heterocycles. The normalized spacial score (nSPS) is 22.1. The molecule has 3 aliphatic rings. The zero-order chi connectivity index (χ0) is 23.3. The molecule has 3 aromatic rings. The first-order valence-electron chi connectivity index (χ1n) is 12.7. The van der Waals surface area contributed by atoms with Gasteiger partial charge in [-0.05, 0) is 69.1 Å². The summed E-state index contributed by atoms with van der Waals surface area (Å²) >= 11 is 0. The van der Waals surface area contributed by atoms with Crippen LogP contribution in [0.1, 0.15) is 56.5 Å². The van der Waals surface area contributed by atoms with Crippen molar-refractivity contribution in [2.24, 2.45) is 5.41 Å². The van der Waals surface area contributed by atoms with E-state index in [1.807, 2.05) is 23.1 Å². The fraction of sp³-hybridized carbons (Fsp3) is 0.577. The van der Waals surface area contributed by atoms with Gasteiger partial charge < -0.3 is 14.6 Å². The number of carbonyl (C=O) groups excluding carboxylic acids is 1. The fourth-order valence-corrected chi connectivity index (χ4v) is 6.36. The highest BCUT2D eigenvalue weighted by Gasteiger charge is 2.41. The summed E-state index contributed by atoms with van der Waals surface area (Å²) < 4.78 is 9.62. The van der Waals surface area contributed by atoms with Crippen molar-refractivity contribution in [1.82, 2.24) is 24.6 Å². The van der Waals surface area contributed by atoms with Crippen molar-refractivity contribution >= 4 is 22.8 Å². The number of imidazole rings is 1. The Labute approximate surface area is 200 Å². The first-order valence-corrected chi connectivity index (χ1v) is 12.7. The summed E-state index contributed by atoms with van der Waals surface area (Å²) in [5, 5.41) is 7.88. The Bertz CT molecular complexity index is 1190. The molecule has 180 valence electrons. The molecular formula is C26H34N6O2. The molecular weight excluding hydrogens is 428 g/mol. The standard InChI is InChI=1S/C26H34N6O2/c1-18-4-5-20-21(31(18)25(33)34-2)6-7-22-24(20)29-23(10-15-30-14-3-13-28-30)32(22)19-8-11-26(12-9-19)16-27-17-26/h3,6-7,13-14,18-19,27H,4-5,8-12,15-17H2,1-2H3/t18-/m0/s1. The second kappa shape index (κ2) is 8.41. The van der Waals surface area contributed by atoms with Crippen LogP contribution in [0, 0.1) is 5.41 Å². The minimum Gasteiger partial charge on any atom is -0.452 e. The predicted molar refractivity (Wildman–Crippen MR) is 131 cm³/mol. The quantitative estimate of drug-likeness (QED) is 0.632. The van der Waals surface area contributed by atoms with E-state index in [4.69, 9.17) is 9.72 Å². The molecule has 34 heavy (non-hydrogen) atoms. The lowest BCUT2D eigenvalue weighted by Gasteiger charge is -2.47. The van der Waals surface area contributed by atoms with Gasteiger partial charge in [0.25, 0.3) is 0 Å². The number of benzene rings is 1. The zero-order valence-corrected chi connectivity index (χ0v) is 20.2. The summed E-state index contributed by atoms with van der Waals surface area (Å²) in [5.74, 6) is 1.13. The highest BCUT2D eigenvalue weighted by atomic mass is 16.5. The second-order valence-electron chi connectivity index (χ2n) is 10.4. The van der Waals surface area contributed by atoms with E-state index < -0.39 is 0 Å². The number of rotatable bonds is 4. The van der Waals surface area contributed by atoms with Gasteiger partial charge in [0.1, 0.15) is 5.82 Å². The number of aryl methyl sites for hydroxylation is 3. The highest BCUT2D eigenvalue weighted by molar-refractivity contribution is 5.95. The van der Waals surface area contributed by atoms with Crippen molar-refractivity contribution in [3.05, 3.63) is 42.0 Å². The molecule has 1 aliphatic carbocycles. The van der Waals surface area contributed by atoms with E-state index >= 15 is 0 Å². The smallest absolute Gasteiger partial charge is 0.414 e. The van der Waals surface area contributed by atoms with Crippen LogP contribution in [0.25, 0.3) is 11.0 Å². The number of amides is 1. The van der Waals surface area contributed by atoms with Crippen molar-refractivity contribution < 1.29 is 9.53 Å². The summed E-state index contributed by atoms with van der Waals surface area (Å²) in [7, 11) is 1.46. The second-order valence-corrected chi connectivity index (χ2v) is 10.4. The summed E-state index contributed by atoms with van der Waals surface area (Å²) in [6, 6.07) is 6.85. The largest absolute Gasteiger partial charge is 0.452 e. The summed E-state index contributed by atoms with van der Waals surface area (Å²) in [4.78, 5) is 19.6. The molecule has 0 radical (unpaired) electrons. The van der Waals surface area contributed by atoms with Gasteiger partial charge in [-0.3, -0.25) is 9.58 Å². The Morgan fingerprint density at radius 1 is 1.24 bits per heavy atom. The Kier molecular flexibility index (Phi) is 5.36. The average molecular weight is 463 g/mol. The molecule has 0 unspecified atom stereocenters. The lowest BCUT2D eigenvalue weighted by Crippen LogP contribution is -2.54. The van der Waals surface area contributed by atoms with Gasteiger partial charge in [0, 0.05) is 56.1 Å². The van der Waals surface area contributed by atoms with E-state index in [-0.39, 0.29) is 12.1 Å². The summed E-state index contributed by atoms with van der Waals surface area (Å²) in [5.41, 5.74) is 4.92. The number of aromatic nitrogens is 4. The van der Waals surface area contributed by atoms with E-state index in [2.05, 4.69) is 34.0 Å². The van der Waals surface area contributed by atoms with Crippen LogP contribution in [-0.4, -0.2) is 51.7 Å². The number of nitrogens with zero attached hydrogens (tertiary/aromatic N) is 5. The van der Waals surface area contributed by atoms with E-state index in [0.717, 1.165) is 42.8 Å². The molecule has 1 amide bonds. The maximum Gasteiger partial charge on any atom is 0.414 e. The van der Waals surface area contributed by atoms with Gasteiger partial charge in [-0.25, -0.2) is 9.78 Å². The number of hydrogen-bond donors (Lipinski definition) is 1. The molecule has 1 atom stereocenters. The minimum absolute atomic E-state index is 0.115. The molecule has 6 rings (SSSR count). The number of ether oxygens (including phenoxy) is 1. The fourth-order valence-electron chi connectivity index (χ4n) is 6.36. The highest BCUT2D eigenvalue weighted by Crippen LogP contribution is 2.45. The van der Waals surface area contributed by atoms with Crippen LogP contribution in [-0.2, 0) is 24.1 Å². The molecule has 8 heteroatoms. The van der Waals surface area contributed by atoms with Crippen LogP contribution >= 0.6 is 0 Å². The van der Waals surface area contributed by atoms with Crippen LogP contribution < -0.4 is 10.2 Å². The maximum absolute atomic E-state index is 12.6.